The summed E-state index contributed by atoms with van der Waals surface area (Å²) in [5, 5.41) is 6.88. The van der Waals surface area contributed by atoms with E-state index >= 15 is 0 Å². The van der Waals surface area contributed by atoms with Crippen LogP contribution >= 0.6 is 35.6 Å². The van der Waals surface area contributed by atoms with Crippen LogP contribution in [0.1, 0.15) is 29.9 Å². The number of anilines is 1. The number of carbonyl (C=O) groups excluding carboxylic acids is 1. The molecule has 31 heavy (non-hydrogen) atoms. The van der Waals surface area contributed by atoms with Crippen LogP contribution in [-0.4, -0.2) is 50.6 Å². The number of nitrogens with zero attached hydrogens (tertiary/aromatic N) is 2. The Morgan fingerprint density at radius 1 is 1.26 bits per heavy atom. The summed E-state index contributed by atoms with van der Waals surface area (Å²) in [6, 6.07) is 13.8. The number of aliphatic imine (C=N–C) groups is 1. The number of amides is 1. The molecule has 0 aromatic heterocycles. The highest BCUT2D eigenvalue weighted by Gasteiger charge is 2.26. The van der Waals surface area contributed by atoms with Gasteiger partial charge in [0.1, 0.15) is 5.75 Å². The summed E-state index contributed by atoms with van der Waals surface area (Å²) in [6.07, 6.45) is 1.42. The summed E-state index contributed by atoms with van der Waals surface area (Å²) >= 11 is 6.11. The maximum atomic E-state index is 12.3. The lowest BCUT2D eigenvalue weighted by Crippen LogP contribution is -2.41. The van der Waals surface area contributed by atoms with E-state index in [4.69, 9.17) is 16.3 Å². The van der Waals surface area contributed by atoms with E-state index in [1.807, 2.05) is 37.3 Å². The van der Waals surface area contributed by atoms with Crippen LogP contribution in [0.25, 0.3) is 0 Å². The Balaban J connectivity index is 0.00000341. The Morgan fingerprint density at radius 2 is 2.00 bits per heavy atom. The average Bonchev–Trinajstić information content (AvgIpc) is 3.24. The minimum atomic E-state index is -0.0548. The number of rotatable bonds is 6. The molecule has 8 heteroatoms. The normalized spacial score (nSPS) is 15.9. The second-order valence-corrected chi connectivity index (χ2v) is 7.80. The van der Waals surface area contributed by atoms with E-state index in [1.54, 1.807) is 14.2 Å². The molecule has 0 saturated carbocycles. The first kappa shape index (κ1) is 25.3. The van der Waals surface area contributed by atoms with E-state index in [1.165, 1.54) is 5.56 Å². The molecule has 0 spiro atoms. The molecule has 1 aliphatic heterocycles. The Kier molecular flexibility index (Phi) is 9.90. The predicted octanol–water partition coefficient (Wildman–Crippen LogP) is 4.67. The number of hydrogen-bond acceptors (Lipinski definition) is 3. The summed E-state index contributed by atoms with van der Waals surface area (Å²) in [5.74, 6) is 2.11. The lowest BCUT2D eigenvalue weighted by atomic mass is 9.98. The van der Waals surface area contributed by atoms with Gasteiger partial charge in [0.25, 0.3) is 0 Å². The van der Waals surface area contributed by atoms with Crippen LogP contribution in [0.2, 0.25) is 5.02 Å². The van der Waals surface area contributed by atoms with Crippen LogP contribution in [0.5, 0.6) is 5.75 Å². The first-order valence-corrected chi connectivity index (χ1v) is 10.5. The zero-order chi connectivity index (χ0) is 21.5. The highest BCUT2D eigenvalue weighted by molar-refractivity contribution is 14.0. The molecule has 0 radical (unpaired) electrons. The monoisotopic (exact) mass is 556 g/mol. The van der Waals surface area contributed by atoms with E-state index < -0.39 is 0 Å². The lowest BCUT2D eigenvalue weighted by Gasteiger charge is -2.22. The molecule has 1 heterocycles. The molecule has 1 atom stereocenters. The topological polar surface area (TPSA) is 66.0 Å². The molecule has 6 nitrogen and oxygen atoms in total. The summed E-state index contributed by atoms with van der Waals surface area (Å²) in [7, 11) is 3.46. The quantitative estimate of drug-likeness (QED) is 0.308. The van der Waals surface area contributed by atoms with E-state index in [0.29, 0.717) is 23.9 Å². The zero-order valence-electron chi connectivity index (χ0n) is 18.2. The Morgan fingerprint density at radius 3 is 2.68 bits per heavy atom. The average molecular weight is 557 g/mol. The number of guanidine groups is 1. The van der Waals surface area contributed by atoms with Crippen molar-refractivity contribution in [3.63, 3.8) is 0 Å². The van der Waals surface area contributed by atoms with Crippen LogP contribution in [0.15, 0.2) is 47.5 Å². The van der Waals surface area contributed by atoms with Crippen molar-refractivity contribution >= 4 is 53.1 Å². The molecule has 2 aromatic rings. The van der Waals surface area contributed by atoms with E-state index in [0.717, 1.165) is 42.5 Å². The van der Waals surface area contributed by atoms with E-state index in [9.17, 15) is 4.79 Å². The van der Waals surface area contributed by atoms with Gasteiger partial charge in [-0.3, -0.25) is 9.79 Å². The zero-order valence-corrected chi connectivity index (χ0v) is 21.2. The first-order chi connectivity index (χ1) is 14.5. The second kappa shape index (κ2) is 12.1. The van der Waals surface area contributed by atoms with E-state index in [2.05, 4.69) is 32.7 Å². The van der Waals surface area contributed by atoms with Crippen molar-refractivity contribution in [1.82, 2.24) is 10.2 Å². The van der Waals surface area contributed by atoms with Gasteiger partial charge < -0.3 is 20.3 Å². The summed E-state index contributed by atoms with van der Waals surface area (Å²) in [5.41, 5.74) is 2.93. The van der Waals surface area contributed by atoms with Gasteiger partial charge in [-0.05, 0) is 48.7 Å². The van der Waals surface area contributed by atoms with Crippen molar-refractivity contribution in [1.29, 1.82) is 0 Å². The molecule has 0 bridgehead atoms. The van der Waals surface area contributed by atoms with Crippen molar-refractivity contribution in [2.75, 3.05) is 39.1 Å². The highest BCUT2D eigenvalue weighted by Crippen LogP contribution is 2.28. The van der Waals surface area contributed by atoms with Crippen molar-refractivity contribution < 1.29 is 9.53 Å². The molecule has 0 aliphatic carbocycles. The van der Waals surface area contributed by atoms with Crippen LogP contribution in [0.3, 0.4) is 0 Å². The fourth-order valence-corrected chi connectivity index (χ4v) is 3.85. The summed E-state index contributed by atoms with van der Waals surface area (Å²) in [4.78, 5) is 18.9. The molecule has 1 unspecified atom stereocenters. The van der Waals surface area contributed by atoms with Gasteiger partial charge >= 0.3 is 0 Å². The van der Waals surface area contributed by atoms with Crippen molar-refractivity contribution in [2.45, 2.75) is 25.7 Å². The van der Waals surface area contributed by atoms with Gasteiger partial charge in [0, 0.05) is 49.7 Å². The lowest BCUT2D eigenvalue weighted by molar-refractivity contribution is -0.116. The number of ether oxygens (including phenoxy) is 1. The standard InChI is InChI=1S/C23H29ClN4O2.HI/c1-16-20(24)5-4-6-21(16)27-22(29)11-13-26-23(25-2)28-14-12-18(15-28)17-7-9-19(30-3)10-8-17;/h4-10,18H,11-15H2,1-3H3,(H,25,26)(H,27,29);1H. The number of benzene rings is 2. The molecule has 1 amide bonds. The number of hydrogen-bond donors (Lipinski definition) is 2. The molecule has 1 saturated heterocycles. The third-order valence-corrected chi connectivity index (χ3v) is 5.87. The first-order valence-electron chi connectivity index (χ1n) is 10.2. The maximum absolute atomic E-state index is 12.3. The minimum Gasteiger partial charge on any atom is -0.497 e. The van der Waals surface area contributed by atoms with Crippen molar-refractivity contribution in [3.05, 3.63) is 58.6 Å². The molecular formula is C23H30ClIN4O2. The minimum absolute atomic E-state index is 0. The summed E-state index contributed by atoms with van der Waals surface area (Å²) < 4.78 is 5.24. The van der Waals surface area contributed by atoms with Gasteiger partial charge in [-0.2, -0.15) is 0 Å². The number of methoxy groups -OCH3 is 1. The van der Waals surface area contributed by atoms with Crippen LogP contribution in [0.4, 0.5) is 5.69 Å². The smallest absolute Gasteiger partial charge is 0.226 e. The third-order valence-electron chi connectivity index (χ3n) is 5.46. The van der Waals surface area contributed by atoms with Gasteiger partial charge in [0.05, 0.1) is 7.11 Å². The van der Waals surface area contributed by atoms with Gasteiger partial charge in [0.15, 0.2) is 5.96 Å². The SMILES string of the molecule is CN=C(NCCC(=O)Nc1cccc(Cl)c1C)N1CCC(c2ccc(OC)cc2)C1.I. The fourth-order valence-electron chi connectivity index (χ4n) is 3.68. The maximum Gasteiger partial charge on any atom is 0.226 e. The number of nitrogens with one attached hydrogen (secondary N) is 2. The van der Waals surface area contributed by atoms with Gasteiger partial charge in [-0.15, -0.1) is 24.0 Å². The highest BCUT2D eigenvalue weighted by atomic mass is 127. The Bertz CT molecular complexity index is 905. The van der Waals surface area contributed by atoms with Gasteiger partial charge in [-0.25, -0.2) is 0 Å². The van der Waals surface area contributed by atoms with Crippen molar-refractivity contribution in [3.8, 4) is 5.75 Å². The number of carbonyl (C=O) groups is 1. The number of halogens is 2. The second-order valence-electron chi connectivity index (χ2n) is 7.39. The molecular weight excluding hydrogens is 527 g/mol. The van der Waals surface area contributed by atoms with E-state index in [-0.39, 0.29) is 29.9 Å². The number of likely N-dealkylation sites (tertiary alicyclic amines) is 1. The van der Waals surface area contributed by atoms with Crippen LogP contribution in [-0.2, 0) is 4.79 Å². The van der Waals surface area contributed by atoms with Crippen molar-refractivity contribution in [2.24, 2.45) is 4.99 Å². The summed E-state index contributed by atoms with van der Waals surface area (Å²) in [6.45, 7) is 4.25. The molecule has 2 aromatic carbocycles. The predicted molar refractivity (Wildman–Crippen MR) is 138 cm³/mol. The molecule has 1 fully saturated rings. The third kappa shape index (κ3) is 6.74. The van der Waals surface area contributed by atoms with Gasteiger partial charge in [0.2, 0.25) is 5.91 Å². The molecule has 2 N–H and O–H groups in total. The molecule has 168 valence electrons. The Labute approximate surface area is 206 Å². The largest absolute Gasteiger partial charge is 0.497 e. The molecule has 1 aliphatic rings. The van der Waals surface area contributed by atoms with Gasteiger partial charge in [-0.1, -0.05) is 29.8 Å². The Hall–Kier alpha value is -2.00. The van der Waals surface area contributed by atoms with Crippen LogP contribution in [0, 0.1) is 6.92 Å². The molecule has 3 rings (SSSR count). The fraction of sp³-hybridized carbons (Fsp3) is 0.391. The van der Waals surface area contributed by atoms with Crippen LogP contribution < -0.4 is 15.4 Å².